The van der Waals surface area contributed by atoms with Gasteiger partial charge >= 0.3 is 6.16 Å². The first-order valence-corrected chi connectivity index (χ1v) is 7.97. The third kappa shape index (κ3) is 5.36. The smallest absolute Gasteiger partial charge is 0.429 e. The number of carbonyl (C=O) groups is 2. The van der Waals surface area contributed by atoms with E-state index < -0.39 is 18.1 Å². The molecule has 24 heavy (non-hydrogen) atoms. The molecule has 2 aromatic carbocycles. The molecule has 6 nitrogen and oxygen atoms in total. The van der Waals surface area contributed by atoms with E-state index in [-0.39, 0.29) is 6.61 Å². The normalized spacial score (nSPS) is 11.6. The second-order valence-corrected chi connectivity index (χ2v) is 5.94. The lowest BCUT2D eigenvalue weighted by molar-refractivity contribution is -0.119. The lowest BCUT2D eigenvalue weighted by Gasteiger charge is -2.09. The molecule has 0 aliphatic heterocycles. The average Bonchev–Trinajstić information content (AvgIpc) is 2.56. The number of carbonyl (C=O) groups excluding carboxylic acids is 2. The predicted octanol–water partition coefficient (Wildman–Crippen LogP) is 2.52. The molecule has 0 bridgehead atoms. The average molecular weight is 393 g/mol. The highest BCUT2D eigenvalue weighted by atomic mass is 79.9. The van der Waals surface area contributed by atoms with E-state index in [2.05, 4.69) is 15.9 Å². The van der Waals surface area contributed by atoms with Crippen LogP contribution in [0.4, 0.5) is 4.79 Å². The fraction of sp³-hybridized carbons (Fsp3) is 0.176. The maximum atomic E-state index is 11.7. The number of ether oxygens (including phenoxy) is 2. The Bertz CT molecular complexity index is 719. The zero-order chi connectivity index (χ0) is 17.5. The number of halogens is 1. The quantitative estimate of drug-likeness (QED) is 0.580. The van der Waals surface area contributed by atoms with Crippen molar-refractivity contribution in [2.24, 2.45) is 11.5 Å². The number of benzene rings is 2. The molecule has 0 aliphatic rings. The number of primary amides is 1. The molecule has 0 unspecified atom stereocenters. The fourth-order valence-electron chi connectivity index (χ4n) is 1.93. The van der Waals surface area contributed by atoms with Crippen LogP contribution in [-0.2, 0) is 22.6 Å². The lowest BCUT2D eigenvalue weighted by atomic mass is 10.1. The minimum atomic E-state index is -0.799. The Morgan fingerprint density at radius 1 is 1.08 bits per heavy atom. The Morgan fingerprint density at radius 3 is 2.38 bits per heavy atom. The molecule has 0 saturated carbocycles. The molecule has 0 aromatic heterocycles. The van der Waals surface area contributed by atoms with E-state index in [1.165, 1.54) is 0 Å². The third-order valence-electron chi connectivity index (χ3n) is 3.25. The molecule has 0 aliphatic carbocycles. The van der Waals surface area contributed by atoms with Crippen molar-refractivity contribution in [3.63, 3.8) is 0 Å². The Hall–Kier alpha value is -2.38. The van der Waals surface area contributed by atoms with Gasteiger partial charge in [0.2, 0.25) is 5.91 Å². The van der Waals surface area contributed by atoms with Crippen molar-refractivity contribution in [3.8, 4) is 5.75 Å². The van der Waals surface area contributed by atoms with Gasteiger partial charge in [-0.1, -0.05) is 46.3 Å². The number of nitrogens with two attached hydrogens (primary N) is 2. The van der Waals surface area contributed by atoms with Gasteiger partial charge in [0.25, 0.3) is 0 Å². The van der Waals surface area contributed by atoms with E-state index in [4.69, 9.17) is 20.9 Å². The Labute approximate surface area is 147 Å². The SMILES string of the molecule is NC(=O)[C@@H](N)Cc1ccc(OC(=O)OCc2ccccc2Br)cc1. The highest BCUT2D eigenvalue weighted by Gasteiger charge is 2.11. The van der Waals surface area contributed by atoms with Gasteiger partial charge in [-0.15, -0.1) is 0 Å². The molecule has 2 aromatic rings. The van der Waals surface area contributed by atoms with Crippen molar-refractivity contribution >= 4 is 28.0 Å². The second kappa shape index (κ2) is 8.47. The van der Waals surface area contributed by atoms with Crippen LogP contribution < -0.4 is 16.2 Å². The fourth-order valence-corrected chi connectivity index (χ4v) is 2.33. The standard InChI is InChI=1S/C17H17BrN2O4/c18-14-4-2-1-3-12(14)10-23-17(22)24-13-7-5-11(6-8-13)9-15(19)16(20)21/h1-8,15H,9-10,19H2,(H2,20,21)/t15-/m0/s1. The first-order chi connectivity index (χ1) is 11.5. The molecule has 4 N–H and O–H groups in total. The van der Waals surface area contributed by atoms with Crippen LogP contribution in [0.25, 0.3) is 0 Å². The van der Waals surface area contributed by atoms with Gasteiger partial charge in [0, 0.05) is 10.0 Å². The Morgan fingerprint density at radius 2 is 1.75 bits per heavy atom. The van der Waals surface area contributed by atoms with Crippen molar-refractivity contribution in [2.45, 2.75) is 19.1 Å². The molecular formula is C17H17BrN2O4. The molecule has 2 rings (SSSR count). The molecule has 0 radical (unpaired) electrons. The van der Waals surface area contributed by atoms with E-state index in [9.17, 15) is 9.59 Å². The summed E-state index contributed by atoms with van der Waals surface area (Å²) in [5.74, 6) is -0.227. The molecular weight excluding hydrogens is 376 g/mol. The van der Waals surface area contributed by atoms with Crippen molar-refractivity contribution in [1.29, 1.82) is 0 Å². The number of hydrogen-bond donors (Lipinski definition) is 2. The Kier molecular flexibility index (Phi) is 6.34. The number of rotatable bonds is 6. The first kappa shape index (κ1) is 18.0. The maximum Gasteiger partial charge on any atom is 0.514 e. The van der Waals surface area contributed by atoms with Gasteiger partial charge in [0.15, 0.2) is 0 Å². The van der Waals surface area contributed by atoms with Gasteiger partial charge in [-0.2, -0.15) is 0 Å². The summed E-state index contributed by atoms with van der Waals surface area (Å²) in [6.07, 6.45) is -0.477. The topological polar surface area (TPSA) is 105 Å². The molecule has 1 amide bonds. The van der Waals surface area contributed by atoms with E-state index in [1.807, 2.05) is 24.3 Å². The molecule has 1 atom stereocenters. The van der Waals surface area contributed by atoms with Crippen LogP contribution in [0.15, 0.2) is 53.0 Å². The van der Waals surface area contributed by atoms with Crippen LogP contribution in [0.1, 0.15) is 11.1 Å². The first-order valence-electron chi connectivity index (χ1n) is 7.17. The summed E-state index contributed by atoms with van der Waals surface area (Å²) < 4.78 is 11.0. The number of hydrogen-bond acceptors (Lipinski definition) is 5. The van der Waals surface area contributed by atoms with Crippen LogP contribution in [0.5, 0.6) is 5.75 Å². The largest absolute Gasteiger partial charge is 0.514 e. The van der Waals surface area contributed by atoms with Crippen LogP contribution >= 0.6 is 15.9 Å². The van der Waals surface area contributed by atoms with Crippen molar-refractivity contribution in [3.05, 3.63) is 64.1 Å². The van der Waals surface area contributed by atoms with Crippen molar-refractivity contribution in [1.82, 2.24) is 0 Å². The van der Waals surface area contributed by atoms with Crippen LogP contribution in [0.2, 0.25) is 0 Å². The summed E-state index contributed by atoms with van der Waals surface area (Å²) >= 11 is 3.38. The summed E-state index contributed by atoms with van der Waals surface area (Å²) in [5.41, 5.74) is 12.4. The summed E-state index contributed by atoms with van der Waals surface area (Å²) in [6, 6.07) is 13.3. The minimum absolute atomic E-state index is 0.103. The molecule has 0 fully saturated rings. The predicted molar refractivity (Wildman–Crippen MR) is 92.3 cm³/mol. The molecule has 7 heteroatoms. The molecule has 126 valence electrons. The van der Waals surface area contributed by atoms with Gasteiger partial charge in [0.1, 0.15) is 12.4 Å². The van der Waals surface area contributed by atoms with E-state index in [1.54, 1.807) is 24.3 Å². The van der Waals surface area contributed by atoms with Crippen molar-refractivity contribution < 1.29 is 19.1 Å². The zero-order valence-corrected chi connectivity index (χ0v) is 14.4. The van der Waals surface area contributed by atoms with Gasteiger partial charge in [-0.3, -0.25) is 4.79 Å². The third-order valence-corrected chi connectivity index (χ3v) is 4.02. The highest BCUT2D eigenvalue weighted by Crippen LogP contribution is 2.18. The van der Waals surface area contributed by atoms with Gasteiger partial charge in [-0.05, 0) is 30.2 Å². The summed E-state index contributed by atoms with van der Waals surface area (Å²) in [5, 5.41) is 0. The number of amides is 1. The van der Waals surface area contributed by atoms with E-state index in [0.29, 0.717) is 12.2 Å². The lowest BCUT2D eigenvalue weighted by Crippen LogP contribution is -2.38. The monoisotopic (exact) mass is 392 g/mol. The van der Waals surface area contributed by atoms with Gasteiger partial charge in [0.05, 0.1) is 6.04 Å². The highest BCUT2D eigenvalue weighted by molar-refractivity contribution is 9.10. The summed E-state index contributed by atoms with van der Waals surface area (Å²) in [6.45, 7) is 0.103. The van der Waals surface area contributed by atoms with Crippen molar-refractivity contribution in [2.75, 3.05) is 0 Å². The van der Waals surface area contributed by atoms with Crippen LogP contribution in [-0.4, -0.2) is 18.1 Å². The zero-order valence-electron chi connectivity index (χ0n) is 12.8. The summed E-state index contributed by atoms with van der Waals surface area (Å²) in [7, 11) is 0. The van der Waals surface area contributed by atoms with E-state index >= 15 is 0 Å². The summed E-state index contributed by atoms with van der Waals surface area (Å²) in [4.78, 5) is 22.6. The molecule has 0 spiro atoms. The maximum absolute atomic E-state index is 11.7. The Balaban J connectivity index is 1.86. The van der Waals surface area contributed by atoms with Crippen LogP contribution in [0, 0.1) is 0 Å². The van der Waals surface area contributed by atoms with Gasteiger partial charge < -0.3 is 20.9 Å². The van der Waals surface area contributed by atoms with Crippen LogP contribution in [0.3, 0.4) is 0 Å². The minimum Gasteiger partial charge on any atom is -0.429 e. The van der Waals surface area contributed by atoms with E-state index in [0.717, 1.165) is 15.6 Å². The van der Waals surface area contributed by atoms with Gasteiger partial charge in [-0.25, -0.2) is 4.79 Å². The second-order valence-electron chi connectivity index (χ2n) is 5.09. The molecule has 0 saturated heterocycles. The molecule has 0 heterocycles.